The molecule has 1 aromatic heterocycles. The number of hydrogen-bond acceptors (Lipinski definition) is 5. The molecule has 2 rings (SSSR count). The topological polar surface area (TPSA) is 51.2 Å². The summed E-state index contributed by atoms with van der Waals surface area (Å²) in [5.74, 6) is -2.13. The fraction of sp³-hybridized carbons (Fsp3) is 0.0909. The molecule has 2 aromatic rings. The van der Waals surface area contributed by atoms with Crippen LogP contribution in [0.25, 0.3) is 0 Å². The van der Waals surface area contributed by atoms with E-state index in [4.69, 9.17) is 0 Å². The Balaban J connectivity index is 2.27. The van der Waals surface area contributed by atoms with Gasteiger partial charge >= 0.3 is 5.97 Å². The second-order valence-corrected chi connectivity index (χ2v) is 5.17. The number of anilines is 2. The molecule has 0 saturated carbocycles. The molecular weight excluding hydrogens is 342 g/mol. The van der Waals surface area contributed by atoms with Crippen molar-refractivity contribution in [2.45, 2.75) is 0 Å². The molecule has 0 amide bonds. The molecule has 0 aliphatic rings. The van der Waals surface area contributed by atoms with Crippen molar-refractivity contribution in [2.24, 2.45) is 0 Å². The molecule has 1 N–H and O–H groups in total. The zero-order valence-electron chi connectivity index (χ0n) is 9.54. The van der Waals surface area contributed by atoms with Crippen LogP contribution in [0.4, 0.5) is 19.6 Å². The lowest BCUT2D eigenvalue weighted by molar-refractivity contribution is 0.0595. The highest BCUT2D eigenvalue weighted by atomic mass is 79.9. The molecule has 0 fully saturated rings. The van der Waals surface area contributed by atoms with Crippen LogP contribution in [0, 0.1) is 11.6 Å². The van der Waals surface area contributed by atoms with Crippen molar-refractivity contribution in [1.82, 2.24) is 4.98 Å². The van der Waals surface area contributed by atoms with Crippen molar-refractivity contribution in [3.8, 4) is 0 Å². The fourth-order valence-electron chi connectivity index (χ4n) is 1.30. The summed E-state index contributed by atoms with van der Waals surface area (Å²) in [5.41, 5.74) is -0.248. The average Bonchev–Trinajstić information content (AvgIpc) is 2.81. The number of carbonyl (C=O) groups excluding carboxylic acids is 1. The number of thiazole rings is 1. The number of nitrogens with one attached hydrogen (secondary N) is 1. The van der Waals surface area contributed by atoms with Gasteiger partial charge in [-0.15, -0.1) is 11.3 Å². The summed E-state index contributed by atoms with van der Waals surface area (Å²) in [5, 5.41) is 4.12. The van der Waals surface area contributed by atoms with E-state index in [0.29, 0.717) is 4.47 Å². The Morgan fingerprint density at radius 3 is 2.63 bits per heavy atom. The zero-order valence-corrected chi connectivity index (χ0v) is 11.9. The molecule has 0 aliphatic carbocycles. The Labute approximate surface area is 119 Å². The minimum atomic E-state index is -0.762. The van der Waals surface area contributed by atoms with E-state index in [9.17, 15) is 13.6 Å². The molecular formula is C11H7BrF2N2O2S. The van der Waals surface area contributed by atoms with Gasteiger partial charge in [-0.3, -0.25) is 0 Å². The van der Waals surface area contributed by atoms with E-state index in [1.54, 1.807) is 0 Å². The number of hydrogen-bond donors (Lipinski definition) is 1. The zero-order chi connectivity index (χ0) is 14.0. The number of aromatic nitrogens is 1. The van der Waals surface area contributed by atoms with E-state index >= 15 is 0 Å². The van der Waals surface area contributed by atoms with Gasteiger partial charge in [0.25, 0.3) is 0 Å². The standard InChI is InChI=1S/C11H7BrF2N2O2S/c1-18-10(17)8-4-19-11(15-8)16-9-6(13)2-5(12)3-7(9)14/h2-4H,1H3,(H,15,16). The van der Waals surface area contributed by atoms with Gasteiger partial charge in [0.15, 0.2) is 22.5 Å². The SMILES string of the molecule is COC(=O)c1csc(Nc2c(F)cc(Br)cc2F)n1. The van der Waals surface area contributed by atoms with Crippen LogP contribution in [-0.4, -0.2) is 18.1 Å². The molecule has 0 atom stereocenters. The Morgan fingerprint density at radius 1 is 1.42 bits per heavy atom. The van der Waals surface area contributed by atoms with Gasteiger partial charge in [0.2, 0.25) is 0 Å². The van der Waals surface area contributed by atoms with Gasteiger partial charge in [0.1, 0.15) is 5.69 Å². The maximum Gasteiger partial charge on any atom is 0.357 e. The molecule has 100 valence electrons. The van der Waals surface area contributed by atoms with Crippen molar-refractivity contribution in [2.75, 3.05) is 12.4 Å². The molecule has 0 spiro atoms. The lowest BCUT2D eigenvalue weighted by Gasteiger charge is -2.06. The molecule has 1 aromatic carbocycles. The maximum absolute atomic E-state index is 13.6. The lowest BCUT2D eigenvalue weighted by Crippen LogP contribution is -2.02. The Bertz CT molecular complexity index is 610. The number of methoxy groups -OCH3 is 1. The van der Waals surface area contributed by atoms with E-state index in [2.05, 4.69) is 31.0 Å². The molecule has 8 heteroatoms. The first-order chi connectivity index (χ1) is 9.01. The van der Waals surface area contributed by atoms with Crippen molar-refractivity contribution in [3.05, 3.63) is 39.3 Å². The summed E-state index contributed by atoms with van der Waals surface area (Å²) in [4.78, 5) is 15.1. The van der Waals surface area contributed by atoms with Gasteiger partial charge in [-0.2, -0.15) is 0 Å². The van der Waals surface area contributed by atoms with Crippen LogP contribution < -0.4 is 5.32 Å². The third kappa shape index (κ3) is 3.07. The molecule has 0 bridgehead atoms. The fourth-order valence-corrected chi connectivity index (χ4v) is 2.38. The number of nitrogens with zero attached hydrogens (tertiary/aromatic N) is 1. The highest BCUT2D eigenvalue weighted by molar-refractivity contribution is 9.10. The van der Waals surface area contributed by atoms with Crippen LogP contribution in [0.5, 0.6) is 0 Å². The molecule has 0 radical (unpaired) electrons. The van der Waals surface area contributed by atoms with E-state index in [-0.39, 0.29) is 16.5 Å². The van der Waals surface area contributed by atoms with Crippen LogP contribution in [0.1, 0.15) is 10.5 Å². The lowest BCUT2D eigenvalue weighted by atomic mass is 10.3. The number of esters is 1. The first-order valence-corrected chi connectivity index (χ1v) is 6.64. The van der Waals surface area contributed by atoms with Crippen LogP contribution in [0.3, 0.4) is 0 Å². The minimum absolute atomic E-state index is 0.0768. The van der Waals surface area contributed by atoms with Crippen LogP contribution in [0.15, 0.2) is 22.0 Å². The maximum atomic E-state index is 13.6. The summed E-state index contributed by atoms with van der Waals surface area (Å²) < 4.78 is 31.9. The molecule has 0 saturated heterocycles. The number of benzene rings is 1. The monoisotopic (exact) mass is 348 g/mol. The summed E-state index contributed by atoms with van der Waals surface area (Å²) >= 11 is 4.02. The summed E-state index contributed by atoms with van der Waals surface area (Å²) in [6, 6.07) is 2.25. The molecule has 1 heterocycles. The Hall–Kier alpha value is -1.54. The van der Waals surface area contributed by atoms with Gasteiger partial charge in [0.05, 0.1) is 7.11 Å². The predicted octanol–water partition coefficient (Wildman–Crippen LogP) is 3.71. The summed E-state index contributed by atoms with van der Waals surface area (Å²) in [6.07, 6.45) is 0. The predicted molar refractivity (Wildman–Crippen MR) is 70.8 cm³/mol. The smallest absolute Gasteiger partial charge is 0.357 e. The van der Waals surface area contributed by atoms with E-state index in [1.165, 1.54) is 12.5 Å². The normalized spacial score (nSPS) is 10.3. The third-order valence-corrected chi connectivity index (χ3v) is 3.35. The Morgan fingerprint density at radius 2 is 2.05 bits per heavy atom. The van der Waals surface area contributed by atoms with Crippen molar-refractivity contribution in [3.63, 3.8) is 0 Å². The van der Waals surface area contributed by atoms with E-state index in [0.717, 1.165) is 23.5 Å². The molecule has 0 aliphatic heterocycles. The van der Waals surface area contributed by atoms with Gasteiger partial charge in [-0.05, 0) is 12.1 Å². The molecule has 0 unspecified atom stereocenters. The minimum Gasteiger partial charge on any atom is -0.464 e. The quantitative estimate of drug-likeness (QED) is 0.859. The average molecular weight is 349 g/mol. The second kappa shape index (κ2) is 5.62. The number of ether oxygens (including phenoxy) is 1. The number of carbonyl (C=O) groups is 1. The number of halogens is 3. The van der Waals surface area contributed by atoms with E-state index < -0.39 is 17.6 Å². The van der Waals surface area contributed by atoms with Crippen LogP contribution >= 0.6 is 27.3 Å². The first-order valence-electron chi connectivity index (χ1n) is 4.96. The molecule has 4 nitrogen and oxygen atoms in total. The summed E-state index contributed by atoms with van der Waals surface area (Å²) in [6.45, 7) is 0. The van der Waals surface area contributed by atoms with Gasteiger partial charge in [-0.25, -0.2) is 18.6 Å². The highest BCUT2D eigenvalue weighted by Crippen LogP contribution is 2.28. The van der Waals surface area contributed by atoms with Crippen molar-refractivity contribution in [1.29, 1.82) is 0 Å². The first kappa shape index (κ1) is 13.9. The van der Waals surface area contributed by atoms with Gasteiger partial charge < -0.3 is 10.1 Å². The van der Waals surface area contributed by atoms with Crippen molar-refractivity contribution >= 4 is 44.1 Å². The van der Waals surface area contributed by atoms with Crippen LogP contribution in [-0.2, 0) is 4.74 Å². The third-order valence-electron chi connectivity index (χ3n) is 2.14. The molecule has 19 heavy (non-hydrogen) atoms. The van der Waals surface area contributed by atoms with Crippen molar-refractivity contribution < 1.29 is 18.3 Å². The van der Waals surface area contributed by atoms with Gasteiger partial charge in [0, 0.05) is 9.85 Å². The summed E-state index contributed by atoms with van der Waals surface area (Å²) in [7, 11) is 1.23. The van der Waals surface area contributed by atoms with Gasteiger partial charge in [-0.1, -0.05) is 15.9 Å². The number of rotatable bonds is 3. The Kier molecular flexibility index (Phi) is 4.11. The highest BCUT2D eigenvalue weighted by Gasteiger charge is 2.15. The van der Waals surface area contributed by atoms with Crippen LogP contribution in [0.2, 0.25) is 0 Å². The largest absolute Gasteiger partial charge is 0.464 e. The van der Waals surface area contributed by atoms with E-state index in [1.807, 2.05) is 0 Å². The second-order valence-electron chi connectivity index (χ2n) is 3.40.